The molecule has 14 aromatic rings. The van der Waals surface area contributed by atoms with Crippen molar-refractivity contribution in [2.75, 3.05) is 0 Å². The SMILES string of the molecule is c1ccc(-n2c3ccccc3c3cc(-n4c5cccc(c5)c5cccc(c5)n(-c5ccc6c7ccccc7n(-c7ccccc7)c6c5)c5ccc6ccc7ccc4cc7c6c5)ccc32)cc1. The topological polar surface area (TPSA) is 19.7 Å². The first-order valence-electron chi connectivity index (χ1n) is 22.7. The molecule has 66 heavy (non-hydrogen) atoms. The highest BCUT2D eigenvalue weighted by molar-refractivity contribution is 6.13. The van der Waals surface area contributed by atoms with Crippen LogP contribution in [-0.2, 0) is 0 Å². The van der Waals surface area contributed by atoms with Gasteiger partial charge in [-0.05, 0) is 148 Å². The molecule has 4 nitrogen and oxygen atoms in total. The average Bonchev–Trinajstić information content (AvgIpc) is 3.89. The molecule has 0 aliphatic rings. The highest BCUT2D eigenvalue weighted by Gasteiger charge is 2.16. The van der Waals surface area contributed by atoms with Gasteiger partial charge < -0.3 is 18.3 Å². The van der Waals surface area contributed by atoms with Gasteiger partial charge in [-0.15, -0.1) is 0 Å². The summed E-state index contributed by atoms with van der Waals surface area (Å²) in [6, 6.07) is 89.4. The molecule has 0 saturated heterocycles. The third-order valence-corrected chi connectivity index (χ3v) is 13.7. The van der Waals surface area contributed by atoms with Crippen LogP contribution < -0.4 is 0 Å². The van der Waals surface area contributed by atoms with Crippen LogP contribution >= 0.6 is 0 Å². The summed E-state index contributed by atoms with van der Waals surface area (Å²) in [5, 5.41) is 12.0. The zero-order chi connectivity index (χ0) is 43.3. The van der Waals surface area contributed by atoms with Gasteiger partial charge >= 0.3 is 0 Å². The highest BCUT2D eigenvalue weighted by Crippen LogP contribution is 2.37. The quantitative estimate of drug-likeness (QED) is 0.157. The maximum atomic E-state index is 2.43. The standard InChI is InChI=1S/C62H40N4/c1-3-15-45(16-4-1)65-60-24-10-8-22-54(60)58-39-51(32-34-61(58)65)63-47-19-11-13-43(35-47)44-14-12-20-48(36-44)64(50-30-28-42-26-25-41-27-29-49(63)37-56(41)57(42)38-50)52-31-33-55-53-21-7-9-23-59(53)66(62(55)40-52)46-17-5-2-6-18-46/h1-40H. The Bertz CT molecular complexity index is 4330. The van der Waals surface area contributed by atoms with Crippen molar-refractivity contribution < 1.29 is 0 Å². The predicted octanol–water partition coefficient (Wildman–Crippen LogP) is 16.4. The van der Waals surface area contributed by atoms with E-state index in [9.17, 15) is 0 Å². The first kappa shape index (κ1) is 36.6. The molecule has 0 saturated carbocycles. The Kier molecular flexibility index (Phi) is 7.95. The number of hydrogen-bond donors (Lipinski definition) is 0. The Hall–Kier alpha value is -8.86. The smallest absolute Gasteiger partial charge is 0.0561 e. The summed E-state index contributed by atoms with van der Waals surface area (Å²) in [6.45, 7) is 0. The van der Waals surface area contributed by atoms with Gasteiger partial charge in [0.25, 0.3) is 0 Å². The molecule has 11 aromatic carbocycles. The molecule has 0 N–H and O–H groups in total. The monoisotopic (exact) mass is 840 g/mol. The van der Waals surface area contributed by atoms with Crippen molar-refractivity contribution in [2.24, 2.45) is 0 Å². The lowest BCUT2D eigenvalue weighted by molar-refractivity contribution is 1.14. The lowest BCUT2D eigenvalue weighted by Crippen LogP contribution is -1.99. The van der Waals surface area contributed by atoms with E-state index < -0.39 is 0 Å². The Morgan fingerprint density at radius 3 is 1.21 bits per heavy atom. The summed E-state index contributed by atoms with van der Waals surface area (Å²) < 4.78 is 9.65. The van der Waals surface area contributed by atoms with E-state index in [1.807, 2.05) is 0 Å². The second-order valence-electron chi connectivity index (χ2n) is 17.4. The summed E-state index contributed by atoms with van der Waals surface area (Å²) in [5.74, 6) is 0. The first-order valence-corrected chi connectivity index (χ1v) is 22.7. The molecule has 0 aliphatic heterocycles. The number of benzene rings is 11. The number of nitrogens with zero attached hydrogens (tertiary/aromatic N) is 4. The fourth-order valence-electron chi connectivity index (χ4n) is 10.8. The molecule has 0 spiro atoms. The summed E-state index contributed by atoms with van der Waals surface area (Å²) in [7, 11) is 0. The number of hydrogen-bond acceptors (Lipinski definition) is 0. The molecule has 4 heteroatoms. The van der Waals surface area contributed by atoms with E-state index in [1.54, 1.807) is 0 Å². The van der Waals surface area contributed by atoms with Gasteiger partial charge in [-0.2, -0.15) is 0 Å². The van der Waals surface area contributed by atoms with Crippen LogP contribution in [0.1, 0.15) is 0 Å². The van der Waals surface area contributed by atoms with E-state index in [-0.39, 0.29) is 0 Å². The van der Waals surface area contributed by atoms with Crippen molar-refractivity contribution in [1.82, 2.24) is 18.3 Å². The van der Waals surface area contributed by atoms with Gasteiger partial charge in [-0.25, -0.2) is 0 Å². The van der Waals surface area contributed by atoms with Crippen LogP contribution in [0.15, 0.2) is 243 Å². The Labute approximate surface area is 380 Å². The third-order valence-electron chi connectivity index (χ3n) is 13.7. The van der Waals surface area contributed by atoms with E-state index in [2.05, 4.69) is 261 Å². The minimum Gasteiger partial charge on any atom is -0.310 e. The van der Waals surface area contributed by atoms with Gasteiger partial charge in [0, 0.05) is 66.4 Å². The summed E-state index contributed by atoms with van der Waals surface area (Å²) >= 11 is 0. The van der Waals surface area contributed by atoms with Gasteiger partial charge in [-0.1, -0.05) is 127 Å². The van der Waals surface area contributed by atoms with E-state index in [1.165, 1.54) is 65.2 Å². The first-order chi connectivity index (χ1) is 32.7. The maximum Gasteiger partial charge on any atom is 0.0561 e. The average molecular weight is 841 g/mol. The van der Waals surface area contributed by atoms with Crippen molar-refractivity contribution >= 4 is 98.0 Å². The van der Waals surface area contributed by atoms with E-state index in [4.69, 9.17) is 0 Å². The molecule has 3 aromatic heterocycles. The van der Waals surface area contributed by atoms with E-state index in [0.717, 1.165) is 55.6 Å². The molecule has 8 bridgehead atoms. The molecule has 308 valence electrons. The van der Waals surface area contributed by atoms with E-state index in [0.29, 0.717) is 0 Å². The normalized spacial score (nSPS) is 11.9. The molecule has 3 heterocycles. The van der Waals surface area contributed by atoms with Crippen LogP contribution in [0.4, 0.5) is 0 Å². The van der Waals surface area contributed by atoms with Crippen molar-refractivity contribution in [3.05, 3.63) is 243 Å². The number of aromatic nitrogens is 4. The molecule has 0 radical (unpaired) electrons. The zero-order valence-corrected chi connectivity index (χ0v) is 35.9. The van der Waals surface area contributed by atoms with Gasteiger partial charge in [0.2, 0.25) is 0 Å². The van der Waals surface area contributed by atoms with Crippen molar-refractivity contribution in [2.45, 2.75) is 0 Å². The van der Waals surface area contributed by atoms with Crippen molar-refractivity contribution in [3.63, 3.8) is 0 Å². The molecule has 0 atom stereocenters. The zero-order valence-electron chi connectivity index (χ0n) is 35.9. The van der Waals surface area contributed by atoms with Crippen LogP contribution in [0, 0.1) is 0 Å². The number of fused-ring (bicyclic) bond motifs is 13. The fourth-order valence-corrected chi connectivity index (χ4v) is 10.8. The number of para-hydroxylation sites is 4. The summed E-state index contributed by atoms with van der Waals surface area (Å²) in [5.41, 5.74) is 13.6. The number of rotatable bonds is 4. The molecule has 14 rings (SSSR count). The molecular formula is C62H40N4. The van der Waals surface area contributed by atoms with Crippen LogP contribution in [-0.4, -0.2) is 18.3 Å². The molecular weight excluding hydrogens is 801 g/mol. The largest absolute Gasteiger partial charge is 0.310 e. The van der Waals surface area contributed by atoms with Crippen molar-refractivity contribution in [3.8, 4) is 22.7 Å². The third kappa shape index (κ3) is 5.58. The van der Waals surface area contributed by atoms with Crippen LogP contribution in [0.25, 0.3) is 121 Å². The summed E-state index contributed by atoms with van der Waals surface area (Å²) in [4.78, 5) is 0. The van der Waals surface area contributed by atoms with Gasteiger partial charge in [0.05, 0.1) is 22.1 Å². The lowest BCUT2D eigenvalue weighted by atomic mass is 10.0. The molecule has 0 aliphatic carbocycles. The molecule has 0 fully saturated rings. The second kappa shape index (κ2) is 14.3. The van der Waals surface area contributed by atoms with Crippen LogP contribution in [0.3, 0.4) is 0 Å². The predicted molar refractivity (Wildman–Crippen MR) is 279 cm³/mol. The van der Waals surface area contributed by atoms with Gasteiger partial charge in [0.1, 0.15) is 0 Å². The van der Waals surface area contributed by atoms with Crippen LogP contribution in [0.5, 0.6) is 0 Å². The Balaban J connectivity index is 1.08. The second-order valence-corrected chi connectivity index (χ2v) is 17.4. The van der Waals surface area contributed by atoms with Gasteiger partial charge in [0.15, 0.2) is 0 Å². The summed E-state index contributed by atoms with van der Waals surface area (Å²) in [6.07, 6.45) is 0. The molecule has 0 amide bonds. The minimum atomic E-state index is 1.09. The fraction of sp³-hybridized carbons (Fsp3) is 0. The Morgan fingerprint density at radius 2 is 0.621 bits per heavy atom. The highest BCUT2D eigenvalue weighted by atomic mass is 15.0. The maximum absolute atomic E-state index is 2.43. The Morgan fingerprint density at radius 1 is 0.182 bits per heavy atom. The molecule has 0 unspecified atom stereocenters. The van der Waals surface area contributed by atoms with Crippen molar-refractivity contribution in [1.29, 1.82) is 0 Å². The van der Waals surface area contributed by atoms with Crippen LogP contribution in [0.2, 0.25) is 0 Å². The minimum absolute atomic E-state index is 1.09. The van der Waals surface area contributed by atoms with E-state index >= 15 is 0 Å². The lowest BCUT2D eigenvalue weighted by Gasteiger charge is -2.16. The van der Waals surface area contributed by atoms with Gasteiger partial charge in [-0.3, -0.25) is 0 Å².